The van der Waals surface area contributed by atoms with E-state index in [0.717, 1.165) is 0 Å². The average Bonchev–Trinajstić information content (AvgIpc) is 3.05. The number of nitrogen functional groups attached to an aromatic ring is 1. The first-order valence-corrected chi connectivity index (χ1v) is 7.51. The van der Waals surface area contributed by atoms with Crippen LogP contribution in [0.4, 0.5) is 11.4 Å². The van der Waals surface area contributed by atoms with Crippen LogP contribution < -0.4 is 27.8 Å². The van der Waals surface area contributed by atoms with Crippen LogP contribution in [0.25, 0.3) is 0 Å². The number of hydrogen-bond acceptors (Lipinski definition) is 4. The molecule has 0 aliphatic carbocycles. The minimum Gasteiger partial charge on any atom is -0.397 e. The molecule has 2 aromatic heterocycles. The maximum Gasteiger partial charge on any atom is 0.272 e. The number of amides is 2. The van der Waals surface area contributed by atoms with Crippen molar-refractivity contribution >= 4 is 54.0 Å². The molecule has 0 spiro atoms. The van der Waals surface area contributed by atoms with Crippen LogP contribution >= 0.6 is 24.8 Å². The first-order valence-electron chi connectivity index (χ1n) is 7.51. The van der Waals surface area contributed by atoms with Crippen LogP contribution in [0.1, 0.15) is 21.0 Å². The van der Waals surface area contributed by atoms with Gasteiger partial charge in [-0.15, -0.1) is 24.8 Å². The maximum atomic E-state index is 12.3. The summed E-state index contributed by atoms with van der Waals surface area (Å²) in [5.74, 6) is -0.638. The molecule has 27 heavy (non-hydrogen) atoms. The van der Waals surface area contributed by atoms with Crippen molar-refractivity contribution in [2.75, 3.05) is 24.1 Å². The minimum absolute atomic E-state index is 0. The highest BCUT2D eigenvalue weighted by Crippen LogP contribution is 2.16. The molecule has 0 fully saturated rings. The number of nitrogens with one attached hydrogen (secondary N) is 2. The van der Waals surface area contributed by atoms with Gasteiger partial charge in [-0.2, -0.15) is 0 Å². The molecule has 0 aliphatic heterocycles. The summed E-state index contributed by atoms with van der Waals surface area (Å²) < 4.78 is 3.25. The van der Waals surface area contributed by atoms with E-state index >= 15 is 0 Å². The highest BCUT2D eigenvalue weighted by atomic mass is 35.5. The van der Waals surface area contributed by atoms with Crippen molar-refractivity contribution in [3.63, 3.8) is 0 Å². The average molecular weight is 419 g/mol. The number of aryl methyl sites for hydroxylation is 2. The molecule has 0 bridgehead atoms. The number of anilines is 2. The van der Waals surface area contributed by atoms with Crippen molar-refractivity contribution < 1.29 is 9.59 Å². The largest absolute Gasteiger partial charge is 0.397 e. The summed E-state index contributed by atoms with van der Waals surface area (Å²) in [4.78, 5) is 28.2. The van der Waals surface area contributed by atoms with E-state index in [1.807, 2.05) is 0 Å². The van der Waals surface area contributed by atoms with Crippen LogP contribution in [0.15, 0.2) is 29.5 Å². The summed E-state index contributed by atoms with van der Waals surface area (Å²) in [5.41, 5.74) is 17.9. The first kappa shape index (κ1) is 24.1. The van der Waals surface area contributed by atoms with Gasteiger partial charge in [0.25, 0.3) is 11.8 Å². The lowest BCUT2D eigenvalue weighted by Gasteiger charge is -2.04. The lowest BCUT2D eigenvalue weighted by atomic mass is 10.3. The predicted molar refractivity (Wildman–Crippen MR) is 111 cm³/mol. The van der Waals surface area contributed by atoms with Crippen LogP contribution in [0.5, 0.6) is 0 Å². The smallest absolute Gasteiger partial charge is 0.272 e. The molecule has 2 aromatic rings. The van der Waals surface area contributed by atoms with Crippen molar-refractivity contribution in [3.05, 3.63) is 35.9 Å². The van der Waals surface area contributed by atoms with Gasteiger partial charge in [0.15, 0.2) is 5.96 Å². The van der Waals surface area contributed by atoms with Gasteiger partial charge in [0.2, 0.25) is 0 Å². The van der Waals surface area contributed by atoms with E-state index in [-0.39, 0.29) is 49.1 Å². The summed E-state index contributed by atoms with van der Waals surface area (Å²) >= 11 is 0. The predicted octanol–water partition coefficient (Wildman–Crippen LogP) is 0.0449. The second-order valence-electron chi connectivity index (χ2n) is 5.51. The van der Waals surface area contributed by atoms with E-state index < -0.39 is 0 Å². The van der Waals surface area contributed by atoms with Gasteiger partial charge >= 0.3 is 0 Å². The minimum atomic E-state index is -0.315. The molecule has 2 rings (SSSR count). The quantitative estimate of drug-likeness (QED) is 0.254. The van der Waals surface area contributed by atoms with Gasteiger partial charge < -0.3 is 37.0 Å². The normalized spacial score (nSPS) is 9.56. The number of nitrogens with two attached hydrogens (primary N) is 3. The summed E-state index contributed by atoms with van der Waals surface area (Å²) in [6.45, 7) is 0.587. The Balaban J connectivity index is 0.00000338. The second-order valence-corrected chi connectivity index (χ2v) is 5.51. The zero-order chi connectivity index (χ0) is 18.6. The molecule has 0 aliphatic rings. The maximum absolute atomic E-state index is 12.3. The summed E-state index contributed by atoms with van der Waals surface area (Å²) in [7, 11) is 3.44. The fourth-order valence-electron chi connectivity index (χ4n) is 2.31. The molecule has 2 heterocycles. The number of carbonyl (C=O) groups excluding carboxylic acids is 2. The van der Waals surface area contributed by atoms with Gasteiger partial charge in [0.1, 0.15) is 11.4 Å². The number of rotatable bonds is 6. The van der Waals surface area contributed by atoms with Gasteiger partial charge in [-0.3, -0.25) is 14.6 Å². The summed E-state index contributed by atoms with van der Waals surface area (Å²) in [6, 6.07) is 3.16. The Morgan fingerprint density at radius 3 is 2.19 bits per heavy atom. The molecule has 0 aromatic carbocycles. The van der Waals surface area contributed by atoms with E-state index in [1.54, 1.807) is 47.8 Å². The van der Waals surface area contributed by atoms with E-state index in [0.29, 0.717) is 29.3 Å². The lowest BCUT2D eigenvalue weighted by molar-refractivity contribution is 0.0945. The molecular formula is C15H24Cl2N8O2. The Morgan fingerprint density at radius 1 is 1.04 bits per heavy atom. The van der Waals surface area contributed by atoms with Gasteiger partial charge in [0, 0.05) is 33.0 Å². The molecule has 2 amide bonds. The Morgan fingerprint density at radius 2 is 1.63 bits per heavy atom. The fourth-order valence-corrected chi connectivity index (χ4v) is 2.31. The lowest BCUT2D eigenvalue weighted by Crippen LogP contribution is -2.29. The third kappa shape index (κ3) is 6.42. The zero-order valence-corrected chi connectivity index (χ0v) is 16.6. The standard InChI is InChI=1S/C15H22N8O2.2ClH/c1-22-7-9(16)5-11(22)14(25)21-10-6-12(23(2)8-10)13(24)19-3-4-20-15(17)18;;/h5-8H,3-4,16H2,1-2H3,(H,19,24)(H,21,25)(H4,17,18,20);2*1H. The number of halogens is 2. The molecule has 0 saturated heterocycles. The highest BCUT2D eigenvalue weighted by molar-refractivity contribution is 6.04. The third-order valence-electron chi connectivity index (χ3n) is 3.45. The third-order valence-corrected chi connectivity index (χ3v) is 3.45. The van der Waals surface area contributed by atoms with Crippen LogP contribution in [-0.2, 0) is 14.1 Å². The van der Waals surface area contributed by atoms with E-state index in [2.05, 4.69) is 15.6 Å². The topological polar surface area (TPSA) is 158 Å². The SMILES string of the molecule is Cl.Cl.Cn1cc(NC(=O)c2cc(N)cn2C)cc1C(=O)NCCN=C(N)N. The van der Waals surface area contributed by atoms with Gasteiger partial charge in [-0.05, 0) is 12.1 Å². The Kier molecular flexibility index (Phi) is 9.24. The summed E-state index contributed by atoms with van der Waals surface area (Å²) in [5, 5.41) is 5.43. The Hall–Kier alpha value is -2.85. The molecule has 150 valence electrons. The number of aromatic nitrogens is 2. The Bertz CT molecular complexity index is 824. The number of aliphatic imine (C=N–C) groups is 1. The first-order chi connectivity index (χ1) is 11.8. The van der Waals surface area contributed by atoms with Crippen LogP contribution in [0, 0.1) is 0 Å². The van der Waals surface area contributed by atoms with Gasteiger partial charge in [-0.25, -0.2) is 0 Å². The number of nitrogens with zero attached hydrogens (tertiary/aromatic N) is 3. The van der Waals surface area contributed by atoms with Crippen molar-refractivity contribution in [2.45, 2.75) is 0 Å². The van der Waals surface area contributed by atoms with E-state index in [4.69, 9.17) is 17.2 Å². The highest BCUT2D eigenvalue weighted by Gasteiger charge is 2.15. The van der Waals surface area contributed by atoms with Crippen LogP contribution in [0.2, 0.25) is 0 Å². The molecule has 0 atom stereocenters. The molecular weight excluding hydrogens is 395 g/mol. The van der Waals surface area contributed by atoms with Gasteiger partial charge in [-0.1, -0.05) is 0 Å². The van der Waals surface area contributed by atoms with Crippen molar-refractivity contribution in [3.8, 4) is 0 Å². The Labute approximate surface area is 169 Å². The molecule has 0 saturated carbocycles. The van der Waals surface area contributed by atoms with Gasteiger partial charge in [0.05, 0.1) is 17.9 Å². The second kappa shape index (κ2) is 10.3. The zero-order valence-electron chi connectivity index (χ0n) is 14.9. The van der Waals surface area contributed by atoms with Crippen molar-refractivity contribution in [2.24, 2.45) is 30.6 Å². The molecule has 8 N–H and O–H groups in total. The van der Waals surface area contributed by atoms with E-state index in [1.165, 1.54) is 0 Å². The fraction of sp³-hybridized carbons (Fsp3) is 0.267. The van der Waals surface area contributed by atoms with Crippen molar-refractivity contribution in [1.82, 2.24) is 14.5 Å². The molecule has 12 heteroatoms. The monoisotopic (exact) mass is 418 g/mol. The molecule has 0 unspecified atom stereocenters. The van der Waals surface area contributed by atoms with Crippen molar-refractivity contribution in [1.29, 1.82) is 0 Å². The van der Waals surface area contributed by atoms with E-state index in [9.17, 15) is 9.59 Å². The molecule has 10 nitrogen and oxygen atoms in total. The number of guanidine groups is 1. The number of hydrogen-bond donors (Lipinski definition) is 5. The van der Waals surface area contributed by atoms with Crippen LogP contribution in [0.3, 0.4) is 0 Å². The molecule has 0 radical (unpaired) electrons. The summed E-state index contributed by atoms with van der Waals surface area (Å²) in [6.07, 6.45) is 3.30. The van der Waals surface area contributed by atoms with Crippen LogP contribution in [-0.4, -0.2) is 40.0 Å². The number of carbonyl (C=O) groups is 2.